The minimum atomic E-state index is -1.09. The Balaban J connectivity index is 0.608. The third-order valence-corrected chi connectivity index (χ3v) is 14.7. The number of carbonyl (C=O) groups is 2. The molecule has 0 saturated carbocycles. The molecule has 1 fully saturated rings. The Kier molecular flexibility index (Phi) is 24.5. The van der Waals surface area contributed by atoms with E-state index in [4.69, 9.17) is 59.3 Å². The normalized spacial score (nSPS) is 16.3. The molecule has 3 amide bonds. The van der Waals surface area contributed by atoms with Crippen LogP contribution in [0.3, 0.4) is 0 Å². The molecule has 444 valence electrons. The van der Waals surface area contributed by atoms with E-state index in [-0.39, 0.29) is 42.4 Å². The molecule has 0 spiro atoms. The monoisotopic (exact) mass is 1170 g/mol. The predicted molar refractivity (Wildman–Crippen MR) is 309 cm³/mol. The van der Waals surface area contributed by atoms with E-state index in [2.05, 4.69) is 15.1 Å². The van der Waals surface area contributed by atoms with Crippen LogP contribution >= 0.6 is 11.8 Å². The number of nitrogen functional groups attached to an aromatic ring is 1. The van der Waals surface area contributed by atoms with Gasteiger partial charge in [0, 0.05) is 37.3 Å². The molecule has 2 aliphatic rings. The topological polar surface area (TPSA) is 235 Å². The molecule has 6 aromatic rings. The van der Waals surface area contributed by atoms with Crippen molar-refractivity contribution >= 4 is 45.6 Å². The SMILES string of the molecule is CN(OCCOCCOCCOCCOCCOCCOCCOC/C=C/C(=O)N1CCC[C@@H](n2nc(-c3ccc(Oc4ccccc4)cc3)c3c(N)ncnc32)C1)C(=O)N1N=C(c2cc(F)ccc2F)SC1(CCCN)c1ccccc1. The quantitative estimate of drug-likeness (QED) is 0.0221. The zero-order valence-corrected chi connectivity index (χ0v) is 47.4. The largest absolute Gasteiger partial charge is 0.457 e. The second kappa shape index (κ2) is 32.8. The summed E-state index contributed by atoms with van der Waals surface area (Å²) in [5, 5.41) is 12.7. The molecular weight excluding hydrogens is 1090 g/mol. The molecule has 2 aromatic heterocycles. The Morgan fingerprint density at radius 1 is 0.759 bits per heavy atom. The number of piperidine rings is 1. The highest BCUT2D eigenvalue weighted by Crippen LogP contribution is 2.51. The summed E-state index contributed by atoms with van der Waals surface area (Å²) < 4.78 is 76.2. The van der Waals surface area contributed by atoms with Crippen molar-refractivity contribution in [2.75, 3.05) is 132 Å². The minimum Gasteiger partial charge on any atom is -0.457 e. The first-order valence-electron chi connectivity index (χ1n) is 27.7. The van der Waals surface area contributed by atoms with E-state index in [0.29, 0.717) is 140 Å². The number of carbonyl (C=O) groups excluding carboxylic acids is 2. The van der Waals surface area contributed by atoms with Crippen LogP contribution in [0, 0.1) is 11.6 Å². The molecule has 4 aromatic carbocycles. The molecule has 0 aliphatic carbocycles. The number of benzene rings is 4. The van der Waals surface area contributed by atoms with Gasteiger partial charge in [0.1, 0.15) is 50.9 Å². The number of fused-ring (bicyclic) bond motifs is 1. The molecule has 0 bridgehead atoms. The lowest BCUT2D eigenvalue weighted by atomic mass is 10.0. The number of rotatable bonds is 34. The highest BCUT2D eigenvalue weighted by molar-refractivity contribution is 8.15. The summed E-state index contributed by atoms with van der Waals surface area (Å²) in [6.45, 7) is 6.55. The van der Waals surface area contributed by atoms with Gasteiger partial charge in [0.2, 0.25) is 5.91 Å². The van der Waals surface area contributed by atoms with E-state index in [1.165, 1.54) is 30.1 Å². The maximum atomic E-state index is 15.0. The van der Waals surface area contributed by atoms with Crippen LogP contribution in [0.1, 0.15) is 42.9 Å². The van der Waals surface area contributed by atoms with Crippen molar-refractivity contribution in [3.63, 3.8) is 0 Å². The molecule has 1 saturated heterocycles. The number of urea groups is 1. The van der Waals surface area contributed by atoms with E-state index in [9.17, 15) is 18.4 Å². The van der Waals surface area contributed by atoms with Gasteiger partial charge in [-0.1, -0.05) is 66.4 Å². The highest BCUT2D eigenvalue weighted by Gasteiger charge is 2.50. The summed E-state index contributed by atoms with van der Waals surface area (Å²) in [7, 11) is 1.46. The van der Waals surface area contributed by atoms with Crippen LogP contribution in [0.15, 0.2) is 127 Å². The fourth-order valence-corrected chi connectivity index (χ4v) is 10.6. The van der Waals surface area contributed by atoms with Crippen molar-refractivity contribution in [2.45, 2.75) is 36.6 Å². The van der Waals surface area contributed by atoms with Crippen molar-refractivity contribution in [3.05, 3.63) is 144 Å². The third-order valence-electron chi connectivity index (χ3n) is 13.3. The number of halogens is 2. The zero-order chi connectivity index (χ0) is 58.1. The molecule has 83 heavy (non-hydrogen) atoms. The second-order valence-electron chi connectivity index (χ2n) is 19.0. The van der Waals surface area contributed by atoms with Gasteiger partial charge in [0.05, 0.1) is 111 Å². The lowest BCUT2D eigenvalue weighted by molar-refractivity contribution is -0.127. The first-order chi connectivity index (χ1) is 40.6. The van der Waals surface area contributed by atoms with Gasteiger partial charge in [-0.15, -0.1) is 0 Å². The molecule has 4 N–H and O–H groups in total. The van der Waals surface area contributed by atoms with Gasteiger partial charge in [-0.3, -0.25) is 9.63 Å². The number of para-hydroxylation sites is 1. The second-order valence-corrected chi connectivity index (χ2v) is 20.3. The average molecular weight is 1170 g/mol. The number of hydrogen-bond donors (Lipinski definition) is 2. The zero-order valence-electron chi connectivity index (χ0n) is 46.6. The van der Waals surface area contributed by atoms with E-state index in [1.54, 1.807) is 12.2 Å². The lowest BCUT2D eigenvalue weighted by Crippen LogP contribution is -2.47. The van der Waals surface area contributed by atoms with Crippen LogP contribution in [0.2, 0.25) is 0 Å². The first-order valence-corrected chi connectivity index (χ1v) is 28.5. The van der Waals surface area contributed by atoms with Crippen LogP contribution < -0.4 is 16.2 Å². The standard InChI is InChI=1S/C59H72F2N10O11S/c1-68(58(73)71-59(23-10-24-62,45-11-4-2-5-12-45)83-57(67-71)50-41-46(60)19-22-51(50)61)81-40-39-80-38-37-79-36-35-78-34-33-77-32-31-76-30-29-75-28-27-74-26-9-16-52(72)69-25-8-13-47(42-69)70-56-53(55(63)64-43-65-56)54(66-70)44-17-20-49(21-18-44)82-48-14-6-3-7-15-48/h2-7,9,11-12,14-22,41,43,47H,8,10,13,23-40,42,62H2,1H3,(H2,63,64,65)/b16-9+/t47-,59?/m1/s1. The van der Waals surface area contributed by atoms with E-state index in [1.807, 2.05) is 94.5 Å². The summed E-state index contributed by atoms with van der Waals surface area (Å²) in [4.78, 5) is 42.4. The number of aromatic nitrogens is 4. The van der Waals surface area contributed by atoms with Crippen molar-refractivity contribution in [1.82, 2.24) is 34.7 Å². The Labute approximate surface area is 485 Å². The van der Waals surface area contributed by atoms with Crippen LogP contribution in [0.25, 0.3) is 22.3 Å². The molecule has 1 unspecified atom stereocenters. The minimum absolute atomic E-state index is 0.0471. The number of anilines is 1. The summed E-state index contributed by atoms with van der Waals surface area (Å²) in [5.41, 5.74) is 15.1. The fraction of sp³-hybridized carbons (Fsp3) is 0.424. The van der Waals surface area contributed by atoms with Crippen LogP contribution in [-0.2, 0) is 47.7 Å². The number of hydroxylamine groups is 2. The number of hydrazone groups is 1. The van der Waals surface area contributed by atoms with Crippen molar-refractivity contribution in [2.24, 2.45) is 10.8 Å². The van der Waals surface area contributed by atoms with Gasteiger partial charge in [-0.25, -0.2) is 33.3 Å². The summed E-state index contributed by atoms with van der Waals surface area (Å²) in [5.74, 6) is 0.394. The fourth-order valence-electron chi connectivity index (χ4n) is 9.14. The van der Waals surface area contributed by atoms with Crippen LogP contribution in [0.4, 0.5) is 19.4 Å². The summed E-state index contributed by atoms with van der Waals surface area (Å²) >= 11 is 1.17. The van der Waals surface area contributed by atoms with Crippen LogP contribution in [0.5, 0.6) is 11.5 Å². The number of likely N-dealkylation sites (tertiary alicyclic amines) is 1. The predicted octanol–water partition coefficient (Wildman–Crippen LogP) is 7.97. The molecule has 0 radical (unpaired) electrons. The van der Waals surface area contributed by atoms with Crippen LogP contribution in [-0.4, -0.2) is 177 Å². The van der Waals surface area contributed by atoms with Gasteiger partial charge in [-0.05, 0) is 92.4 Å². The lowest BCUT2D eigenvalue weighted by Gasteiger charge is -2.37. The van der Waals surface area contributed by atoms with Crippen molar-refractivity contribution in [1.29, 1.82) is 0 Å². The number of ether oxygens (including phenoxy) is 8. The molecule has 8 rings (SSSR count). The Morgan fingerprint density at radius 2 is 1.36 bits per heavy atom. The number of thioether (sulfide) groups is 1. The van der Waals surface area contributed by atoms with Gasteiger partial charge in [-0.2, -0.15) is 15.2 Å². The van der Waals surface area contributed by atoms with Gasteiger partial charge in [0.15, 0.2) is 5.65 Å². The van der Waals surface area contributed by atoms with E-state index < -0.39 is 22.5 Å². The maximum Gasteiger partial charge on any atom is 0.365 e. The molecular formula is C59H72F2N10O11S. The molecule has 24 heteroatoms. The smallest absolute Gasteiger partial charge is 0.365 e. The van der Waals surface area contributed by atoms with Gasteiger partial charge in [0.25, 0.3) is 0 Å². The number of nitrogens with zero attached hydrogens (tertiary/aromatic N) is 8. The Morgan fingerprint density at radius 3 is 2.00 bits per heavy atom. The Bertz CT molecular complexity index is 3020. The molecule has 4 heterocycles. The number of hydrogen-bond acceptors (Lipinski definition) is 18. The number of nitrogens with two attached hydrogens (primary N) is 2. The maximum absolute atomic E-state index is 15.0. The van der Waals surface area contributed by atoms with Gasteiger partial charge >= 0.3 is 6.03 Å². The van der Waals surface area contributed by atoms with Crippen molar-refractivity contribution in [3.8, 4) is 22.8 Å². The average Bonchev–Trinajstić information content (AvgIpc) is 4.34. The molecule has 2 aliphatic heterocycles. The van der Waals surface area contributed by atoms with E-state index >= 15 is 0 Å². The summed E-state index contributed by atoms with van der Waals surface area (Å²) in [6.07, 6.45) is 7.26. The molecule has 2 atom stereocenters. The Hall–Kier alpha value is -6.97. The van der Waals surface area contributed by atoms with Crippen molar-refractivity contribution < 1.29 is 61.1 Å². The highest BCUT2D eigenvalue weighted by atomic mass is 32.2. The third kappa shape index (κ3) is 17.8. The molecule has 21 nitrogen and oxygen atoms in total. The van der Waals surface area contributed by atoms with E-state index in [0.717, 1.165) is 53.0 Å². The number of amides is 3. The van der Waals surface area contributed by atoms with Gasteiger partial charge < -0.3 is 54.3 Å². The first kappa shape index (κ1) is 62.1. The summed E-state index contributed by atoms with van der Waals surface area (Å²) in [6, 6.07) is 28.9.